The minimum absolute atomic E-state index is 0.117. The molecule has 2 bridgehead atoms. The lowest BCUT2D eigenvalue weighted by atomic mass is 9.95. The summed E-state index contributed by atoms with van der Waals surface area (Å²) >= 11 is 0. The van der Waals surface area contributed by atoms with Crippen molar-refractivity contribution in [1.82, 2.24) is 14.5 Å². The van der Waals surface area contributed by atoms with E-state index in [1.54, 1.807) is 22.5 Å². The first kappa shape index (κ1) is 19.3. The van der Waals surface area contributed by atoms with Crippen LogP contribution in [0, 0.1) is 11.7 Å². The molecule has 3 aliphatic rings. The SMILES string of the molecule is CS(=O)(=O)N1C[C@@H]2CC[C@H](C1)N(CCC(=O)NCc1ccccc1F)C2. The van der Waals surface area contributed by atoms with Gasteiger partial charge in [0.2, 0.25) is 15.9 Å². The summed E-state index contributed by atoms with van der Waals surface area (Å²) in [5, 5.41) is 2.76. The second-order valence-corrected chi connectivity index (χ2v) is 9.27. The Hall–Kier alpha value is -1.51. The van der Waals surface area contributed by atoms with Gasteiger partial charge in [0.15, 0.2) is 0 Å². The Kier molecular flexibility index (Phi) is 5.94. The Morgan fingerprint density at radius 1 is 1.23 bits per heavy atom. The number of piperidine rings is 1. The lowest BCUT2D eigenvalue weighted by Crippen LogP contribution is -2.45. The smallest absolute Gasteiger partial charge is 0.221 e. The van der Waals surface area contributed by atoms with Crippen molar-refractivity contribution < 1.29 is 17.6 Å². The molecule has 26 heavy (non-hydrogen) atoms. The van der Waals surface area contributed by atoms with Gasteiger partial charge in [-0.1, -0.05) is 18.2 Å². The zero-order valence-electron chi connectivity index (χ0n) is 15.0. The molecule has 0 aliphatic carbocycles. The molecule has 1 amide bonds. The van der Waals surface area contributed by atoms with E-state index in [4.69, 9.17) is 0 Å². The van der Waals surface area contributed by atoms with Crippen LogP contribution in [0.25, 0.3) is 0 Å². The van der Waals surface area contributed by atoms with Gasteiger partial charge in [-0.05, 0) is 24.8 Å². The van der Waals surface area contributed by atoms with Gasteiger partial charge >= 0.3 is 0 Å². The molecule has 0 spiro atoms. The topological polar surface area (TPSA) is 69.7 Å². The summed E-state index contributed by atoms with van der Waals surface area (Å²) in [5.41, 5.74) is 0.471. The first-order chi connectivity index (χ1) is 12.3. The maximum Gasteiger partial charge on any atom is 0.221 e. The van der Waals surface area contributed by atoms with Crippen LogP contribution < -0.4 is 5.32 Å². The highest BCUT2D eigenvalue weighted by Gasteiger charge is 2.37. The molecule has 4 rings (SSSR count). The third kappa shape index (κ3) is 4.81. The van der Waals surface area contributed by atoms with Crippen molar-refractivity contribution in [1.29, 1.82) is 0 Å². The highest BCUT2D eigenvalue weighted by molar-refractivity contribution is 7.88. The lowest BCUT2D eigenvalue weighted by molar-refractivity contribution is -0.121. The standard InChI is InChI=1S/C18H26FN3O3S/c1-26(24,25)22-12-14-6-7-16(13-22)21(11-14)9-8-18(23)20-10-15-4-2-3-5-17(15)19/h2-5,14,16H,6-13H2,1H3,(H,20,23)/t14-,16-/m1/s1. The van der Waals surface area contributed by atoms with E-state index < -0.39 is 10.0 Å². The Morgan fingerprint density at radius 2 is 2.00 bits per heavy atom. The summed E-state index contributed by atoms with van der Waals surface area (Å²) in [7, 11) is -3.18. The van der Waals surface area contributed by atoms with Crippen LogP contribution in [0.1, 0.15) is 24.8 Å². The van der Waals surface area contributed by atoms with Crippen LogP contribution in [-0.2, 0) is 21.4 Å². The van der Waals surface area contributed by atoms with Crippen molar-refractivity contribution >= 4 is 15.9 Å². The Balaban J connectivity index is 1.50. The molecule has 1 aromatic rings. The molecular formula is C18H26FN3O3S. The van der Waals surface area contributed by atoms with E-state index in [-0.39, 0.29) is 24.3 Å². The second-order valence-electron chi connectivity index (χ2n) is 7.29. The molecule has 3 heterocycles. The molecule has 0 unspecified atom stereocenters. The number of halogens is 1. The largest absolute Gasteiger partial charge is 0.352 e. The van der Waals surface area contributed by atoms with Crippen molar-refractivity contribution in [3.63, 3.8) is 0 Å². The Morgan fingerprint density at radius 3 is 2.73 bits per heavy atom. The zero-order valence-corrected chi connectivity index (χ0v) is 15.8. The highest BCUT2D eigenvalue weighted by Crippen LogP contribution is 2.29. The quantitative estimate of drug-likeness (QED) is 0.801. The van der Waals surface area contributed by atoms with Gasteiger partial charge in [-0.2, -0.15) is 0 Å². The van der Waals surface area contributed by atoms with Gasteiger partial charge in [0.1, 0.15) is 5.82 Å². The number of carbonyl (C=O) groups excluding carboxylic acids is 1. The fourth-order valence-corrected chi connectivity index (χ4v) is 4.77. The van der Waals surface area contributed by atoms with Crippen molar-refractivity contribution in [2.45, 2.75) is 31.8 Å². The van der Waals surface area contributed by atoms with E-state index in [1.807, 2.05) is 0 Å². The van der Waals surface area contributed by atoms with E-state index in [2.05, 4.69) is 10.2 Å². The predicted molar refractivity (Wildman–Crippen MR) is 97.4 cm³/mol. The maximum atomic E-state index is 13.6. The molecule has 1 N–H and O–H groups in total. The summed E-state index contributed by atoms with van der Waals surface area (Å²) in [5.74, 6) is -0.114. The van der Waals surface area contributed by atoms with Crippen molar-refractivity contribution in [3.8, 4) is 0 Å². The van der Waals surface area contributed by atoms with Gasteiger partial charge in [-0.15, -0.1) is 0 Å². The van der Waals surface area contributed by atoms with E-state index in [0.717, 1.165) is 19.4 Å². The van der Waals surface area contributed by atoms with Gasteiger partial charge in [0.25, 0.3) is 0 Å². The van der Waals surface area contributed by atoms with Crippen LogP contribution in [0.4, 0.5) is 4.39 Å². The van der Waals surface area contributed by atoms with Crippen molar-refractivity contribution in [3.05, 3.63) is 35.6 Å². The van der Waals surface area contributed by atoms with Gasteiger partial charge in [-0.3, -0.25) is 9.69 Å². The minimum Gasteiger partial charge on any atom is -0.352 e. The normalized spacial score (nSPS) is 24.4. The van der Waals surface area contributed by atoms with Crippen molar-refractivity contribution in [2.75, 3.05) is 32.4 Å². The molecule has 3 fully saturated rings. The van der Waals surface area contributed by atoms with Crippen LogP contribution in [0.5, 0.6) is 0 Å². The van der Waals surface area contributed by atoms with Crippen LogP contribution >= 0.6 is 0 Å². The number of hydrogen-bond donors (Lipinski definition) is 1. The minimum atomic E-state index is -3.18. The monoisotopic (exact) mass is 383 g/mol. The molecular weight excluding hydrogens is 357 g/mol. The van der Waals surface area contributed by atoms with Gasteiger partial charge < -0.3 is 5.32 Å². The molecule has 1 aromatic carbocycles. The number of amides is 1. The van der Waals surface area contributed by atoms with Crippen LogP contribution in [0.3, 0.4) is 0 Å². The summed E-state index contributed by atoms with van der Waals surface area (Å²) in [6.07, 6.45) is 3.59. The van der Waals surface area contributed by atoms with Gasteiger partial charge in [0.05, 0.1) is 6.26 Å². The third-order valence-corrected chi connectivity index (χ3v) is 6.56. The molecule has 2 atom stereocenters. The number of benzene rings is 1. The van der Waals surface area contributed by atoms with E-state index in [9.17, 15) is 17.6 Å². The maximum absolute atomic E-state index is 13.6. The predicted octanol–water partition coefficient (Wildman–Crippen LogP) is 1.19. The second kappa shape index (κ2) is 8.02. The average molecular weight is 383 g/mol. The Bertz CT molecular complexity index is 756. The number of sulfonamides is 1. The average Bonchev–Trinajstić information content (AvgIpc) is 2.91. The first-order valence-electron chi connectivity index (χ1n) is 9.02. The molecule has 3 saturated heterocycles. The number of hydrogen-bond acceptors (Lipinski definition) is 4. The number of fused-ring (bicyclic) bond motifs is 4. The third-order valence-electron chi connectivity index (χ3n) is 5.32. The lowest BCUT2D eigenvalue weighted by Gasteiger charge is -2.35. The fraction of sp³-hybridized carbons (Fsp3) is 0.611. The summed E-state index contributed by atoms with van der Waals surface area (Å²) in [6.45, 7) is 2.69. The molecule has 3 aliphatic heterocycles. The van der Waals surface area contributed by atoms with E-state index in [1.165, 1.54) is 12.3 Å². The summed E-state index contributed by atoms with van der Waals surface area (Å²) in [4.78, 5) is 14.4. The molecule has 0 saturated carbocycles. The number of rotatable bonds is 6. The van der Waals surface area contributed by atoms with E-state index in [0.29, 0.717) is 37.5 Å². The van der Waals surface area contributed by atoms with Crippen LogP contribution in [0.15, 0.2) is 24.3 Å². The van der Waals surface area contributed by atoms with Crippen LogP contribution in [-0.4, -0.2) is 62.0 Å². The molecule has 0 radical (unpaired) electrons. The van der Waals surface area contributed by atoms with Crippen LogP contribution in [0.2, 0.25) is 0 Å². The number of carbonyl (C=O) groups is 1. The Labute approximate surface area is 154 Å². The zero-order chi connectivity index (χ0) is 18.7. The highest BCUT2D eigenvalue weighted by atomic mass is 32.2. The first-order valence-corrected chi connectivity index (χ1v) is 10.9. The molecule has 6 nitrogen and oxygen atoms in total. The van der Waals surface area contributed by atoms with E-state index >= 15 is 0 Å². The van der Waals surface area contributed by atoms with Gasteiger partial charge in [0, 0.05) is 50.7 Å². The molecule has 8 heteroatoms. The number of nitrogens with zero attached hydrogens (tertiary/aromatic N) is 2. The van der Waals surface area contributed by atoms with Crippen molar-refractivity contribution in [2.24, 2.45) is 5.92 Å². The van der Waals surface area contributed by atoms with Gasteiger partial charge in [-0.25, -0.2) is 17.1 Å². The summed E-state index contributed by atoms with van der Waals surface area (Å²) in [6, 6.07) is 6.57. The fourth-order valence-electron chi connectivity index (χ4n) is 3.85. The number of nitrogens with one attached hydrogen (secondary N) is 1. The molecule has 0 aromatic heterocycles. The molecule has 144 valence electrons. The summed E-state index contributed by atoms with van der Waals surface area (Å²) < 4.78 is 38.9.